The standard InChI is InChI=1S/C4H6N3.Na/c1-3-5-4(2)7-6-3;/h1-2H3;/q-1;+1. The van der Waals surface area contributed by atoms with Crippen LogP contribution in [0.2, 0.25) is 0 Å². The molecule has 0 fully saturated rings. The molecule has 1 aromatic heterocycles. The van der Waals surface area contributed by atoms with Crippen molar-refractivity contribution in [3.8, 4) is 0 Å². The van der Waals surface area contributed by atoms with Crippen LogP contribution in [0, 0.1) is 13.8 Å². The van der Waals surface area contributed by atoms with Gasteiger partial charge in [0.1, 0.15) is 0 Å². The number of nitrogens with zero attached hydrogens (tertiary/aromatic N) is 3. The van der Waals surface area contributed by atoms with Crippen LogP contribution in [-0.2, 0) is 0 Å². The Morgan fingerprint density at radius 2 is 1.50 bits per heavy atom. The van der Waals surface area contributed by atoms with Gasteiger partial charge in [0.25, 0.3) is 0 Å². The molecule has 0 amide bonds. The smallest absolute Gasteiger partial charge is 0.367 e. The fraction of sp³-hybridized carbons (Fsp3) is 0.500. The summed E-state index contributed by atoms with van der Waals surface area (Å²) in [6, 6.07) is 0. The van der Waals surface area contributed by atoms with Crippen molar-refractivity contribution in [3.05, 3.63) is 11.6 Å². The van der Waals surface area contributed by atoms with Gasteiger partial charge in [0.15, 0.2) is 0 Å². The normalized spacial score (nSPS) is 8.25. The Bertz CT molecular complexity index is 144. The third kappa shape index (κ3) is 1.94. The second-order valence-corrected chi connectivity index (χ2v) is 1.41. The number of rotatable bonds is 0. The topological polar surface area (TPSA) is 39.9 Å². The molecule has 0 unspecified atom stereocenters. The van der Waals surface area contributed by atoms with Crippen molar-refractivity contribution in [2.45, 2.75) is 13.8 Å². The first-order valence-electron chi connectivity index (χ1n) is 2.09. The van der Waals surface area contributed by atoms with Gasteiger partial charge < -0.3 is 15.2 Å². The molecule has 0 spiro atoms. The minimum absolute atomic E-state index is 0. The third-order valence-electron chi connectivity index (χ3n) is 0.663. The first-order chi connectivity index (χ1) is 3.29. The van der Waals surface area contributed by atoms with Crippen molar-refractivity contribution in [1.82, 2.24) is 15.2 Å². The average Bonchev–Trinajstić information content (AvgIpc) is 1.87. The molecule has 4 heteroatoms. The fourth-order valence-electron chi connectivity index (χ4n) is 0.424. The summed E-state index contributed by atoms with van der Waals surface area (Å²) in [7, 11) is 0. The van der Waals surface area contributed by atoms with Crippen molar-refractivity contribution in [2.75, 3.05) is 0 Å². The van der Waals surface area contributed by atoms with Gasteiger partial charge in [-0.05, 0) is 25.5 Å². The Morgan fingerprint density at radius 1 is 1.12 bits per heavy atom. The molecule has 8 heavy (non-hydrogen) atoms. The maximum Gasteiger partial charge on any atom is 1.00 e. The van der Waals surface area contributed by atoms with Crippen molar-refractivity contribution < 1.29 is 29.6 Å². The summed E-state index contributed by atoms with van der Waals surface area (Å²) in [6.07, 6.45) is 0. The molecule has 1 aromatic rings. The summed E-state index contributed by atoms with van der Waals surface area (Å²) in [6.45, 7) is 3.64. The molecule has 0 aliphatic rings. The van der Waals surface area contributed by atoms with Crippen LogP contribution in [-0.4, -0.2) is 10.2 Å². The minimum Gasteiger partial charge on any atom is -0.367 e. The number of hydrogen-bond donors (Lipinski definition) is 0. The largest absolute Gasteiger partial charge is 1.00 e. The minimum atomic E-state index is 0. The second-order valence-electron chi connectivity index (χ2n) is 1.41. The quantitative estimate of drug-likeness (QED) is 0.343. The van der Waals surface area contributed by atoms with E-state index in [-0.39, 0.29) is 29.6 Å². The maximum atomic E-state index is 3.89. The van der Waals surface area contributed by atoms with Crippen LogP contribution in [0.15, 0.2) is 0 Å². The predicted octanol–water partition coefficient (Wildman–Crippen LogP) is -2.95. The van der Waals surface area contributed by atoms with Crippen molar-refractivity contribution in [3.63, 3.8) is 0 Å². The van der Waals surface area contributed by atoms with Gasteiger partial charge in [-0.2, -0.15) is 0 Å². The molecule has 0 bridgehead atoms. The van der Waals surface area contributed by atoms with E-state index >= 15 is 0 Å². The number of aryl methyl sites for hydroxylation is 2. The average molecular weight is 119 g/mol. The molecule has 0 radical (unpaired) electrons. The zero-order valence-corrected chi connectivity index (χ0v) is 7.34. The Balaban J connectivity index is 0.000000490. The van der Waals surface area contributed by atoms with Gasteiger partial charge in [0, 0.05) is 0 Å². The van der Waals surface area contributed by atoms with E-state index in [1.807, 2.05) is 13.8 Å². The van der Waals surface area contributed by atoms with Gasteiger partial charge in [-0.1, -0.05) is 0 Å². The summed E-state index contributed by atoms with van der Waals surface area (Å²) in [4.78, 5) is 3.89. The van der Waals surface area contributed by atoms with Crippen LogP contribution in [0.1, 0.15) is 11.6 Å². The van der Waals surface area contributed by atoms with E-state index in [1.54, 1.807) is 0 Å². The number of hydrogen-bond acceptors (Lipinski definition) is 2. The molecule has 0 saturated carbocycles. The summed E-state index contributed by atoms with van der Waals surface area (Å²) >= 11 is 0. The molecule has 0 N–H and O–H groups in total. The predicted molar refractivity (Wildman–Crippen MR) is 24.8 cm³/mol. The molecule has 0 aliphatic heterocycles. The first kappa shape index (κ1) is 8.14. The van der Waals surface area contributed by atoms with E-state index in [0.717, 1.165) is 11.6 Å². The monoisotopic (exact) mass is 119 g/mol. The molecule has 0 aromatic carbocycles. The summed E-state index contributed by atoms with van der Waals surface area (Å²) < 4.78 is 0. The van der Waals surface area contributed by atoms with E-state index < -0.39 is 0 Å². The molecule has 0 atom stereocenters. The summed E-state index contributed by atoms with van der Waals surface area (Å²) in [5.74, 6) is 1.50. The van der Waals surface area contributed by atoms with Crippen LogP contribution in [0.3, 0.4) is 0 Å². The van der Waals surface area contributed by atoms with Crippen LogP contribution in [0.5, 0.6) is 0 Å². The van der Waals surface area contributed by atoms with Gasteiger partial charge in [-0.3, -0.25) is 0 Å². The van der Waals surface area contributed by atoms with Gasteiger partial charge in [-0.15, -0.1) is 0 Å². The Kier molecular flexibility index (Phi) is 3.28. The second kappa shape index (κ2) is 3.22. The Hall–Kier alpha value is 0.140. The third-order valence-corrected chi connectivity index (χ3v) is 0.663. The van der Waals surface area contributed by atoms with E-state index in [0.29, 0.717) is 0 Å². The Morgan fingerprint density at radius 3 is 1.62 bits per heavy atom. The zero-order valence-electron chi connectivity index (χ0n) is 5.34. The molecular formula is C4H6N3Na. The molecule has 3 nitrogen and oxygen atoms in total. The first-order valence-corrected chi connectivity index (χ1v) is 2.09. The van der Waals surface area contributed by atoms with Gasteiger partial charge in [0.2, 0.25) is 0 Å². The van der Waals surface area contributed by atoms with Crippen LogP contribution in [0.25, 0.3) is 0 Å². The van der Waals surface area contributed by atoms with Crippen LogP contribution >= 0.6 is 0 Å². The Labute approximate surface area is 70.2 Å². The van der Waals surface area contributed by atoms with E-state index in [4.69, 9.17) is 0 Å². The van der Waals surface area contributed by atoms with E-state index in [9.17, 15) is 0 Å². The van der Waals surface area contributed by atoms with Crippen LogP contribution in [0.4, 0.5) is 0 Å². The van der Waals surface area contributed by atoms with Crippen molar-refractivity contribution in [2.24, 2.45) is 0 Å². The fourth-order valence-corrected chi connectivity index (χ4v) is 0.424. The SMILES string of the molecule is Cc1nnc(C)[n-]1.[Na+]. The molecule has 0 saturated heterocycles. The number of aromatic nitrogens is 3. The molecule has 1 heterocycles. The molecule has 1 rings (SSSR count). The van der Waals surface area contributed by atoms with E-state index in [2.05, 4.69) is 15.2 Å². The van der Waals surface area contributed by atoms with Gasteiger partial charge >= 0.3 is 29.6 Å². The molecular weight excluding hydrogens is 113 g/mol. The summed E-state index contributed by atoms with van der Waals surface area (Å²) in [5.41, 5.74) is 0. The zero-order chi connectivity index (χ0) is 5.28. The van der Waals surface area contributed by atoms with E-state index in [1.165, 1.54) is 0 Å². The molecule has 38 valence electrons. The van der Waals surface area contributed by atoms with Gasteiger partial charge in [0.05, 0.1) is 0 Å². The van der Waals surface area contributed by atoms with Gasteiger partial charge in [-0.25, -0.2) is 0 Å². The van der Waals surface area contributed by atoms with Crippen LogP contribution < -0.4 is 34.5 Å². The van der Waals surface area contributed by atoms with Crippen molar-refractivity contribution >= 4 is 0 Å². The molecule has 0 aliphatic carbocycles. The van der Waals surface area contributed by atoms with Crippen molar-refractivity contribution in [1.29, 1.82) is 0 Å². The summed E-state index contributed by atoms with van der Waals surface area (Å²) in [5, 5.41) is 7.31. The maximum absolute atomic E-state index is 3.89.